The zero-order chi connectivity index (χ0) is 23.4. The Hall–Kier alpha value is -3.29. The van der Waals surface area contributed by atoms with Gasteiger partial charge in [0, 0.05) is 62.6 Å². The van der Waals surface area contributed by atoms with Crippen LogP contribution < -0.4 is 10.2 Å². The molecular weight excluding hydrogens is 461 g/mol. The number of hydrogen-bond donors (Lipinski definition) is 1. The zero-order valence-corrected chi connectivity index (χ0v) is 19.6. The van der Waals surface area contributed by atoms with Gasteiger partial charge < -0.3 is 20.0 Å². The summed E-state index contributed by atoms with van der Waals surface area (Å²) >= 11 is 12.2. The first-order valence-electron chi connectivity index (χ1n) is 10.5. The fourth-order valence-corrected chi connectivity index (χ4v) is 3.98. The molecule has 0 radical (unpaired) electrons. The SMILES string of the molecule is CN(c1ccncc1)c1ccc(C(=O)N2CCN(C(=O)Nc3cccc(Cl)c3Cl)CC2)cc1. The predicted octanol–water partition coefficient (Wildman–Crippen LogP) is 5.15. The van der Waals surface area contributed by atoms with Gasteiger partial charge in [0.15, 0.2) is 0 Å². The number of pyridine rings is 1. The van der Waals surface area contributed by atoms with E-state index in [9.17, 15) is 9.59 Å². The Kier molecular flexibility index (Phi) is 7.01. The number of carbonyl (C=O) groups excluding carboxylic acids is 2. The van der Waals surface area contributed by atoms with Crippen LogP contribution in [-0.2, 0) is 0 Å². The summed E-state index contributed by atoms with van der Waals surface area (Å²) in [7, 11) is 1.97. The third-order valence-corrected chi connectivity index (χ3v) is 6.42. The van der Waals surface area contributed by atoms with Crippen LogP contribution in [0.1, 0.15) is 10.4 Å². The molecule has 3 aromatic rings. The van der Waals surface area contributed by atoms with Crippen LogP contribution in [0.2, 0.25) is 10.0 Å². The number of urea groups is 1. The standard InChI is InChI=1S/C24H23Cl2N5O2/c1-29(19-9-11-27-12-10-19)18-7-5-17(6-8-18)23(32)30-13-15-31(16-14-30)24(33)28-21-4-2-3-20(25)22(21)26/h2-12H,13-16H2,1H3,(H,28,33). The molecule has 0 bridgehead atoms. The van der Waals surface area contributed by atoms with Gasteiger partial charge in [0.2, 0.25) is 0 Å². The monoisotopic (exact) mass is 483 g/mol. The highest BCUT2D eigenvalue weighted by Crippen LogP contribution is 2.30. The molecule has 0 aliphatic carbocycles. The molecule has 0 saturated carbocycles. The number of halogens is 2. The molecule has 1 N–H and O–H groups in total. The van der Waals surface area contributed by atoms with Crippen molar-refractivity contribution >= 4 is 52.2 Å². The Morgan fingerprint density at radius 3 is 2.15 bits per heavy atom. The minimum Gasteiger partial charge on any atom is -0.345 e. The van der Waals surface area contributed by atoms with Crippen molar-refractivity contribution in [2.75, 3.05) is 43.4 Å². The van der Waals surface area contributed by atoms with Crippen LogP contribution in [-0.4, -0.2) is 59.9 Å². The summed E-state index contributed by atoms with van der Waals surface area (Å²) in [5, 5.41) is 3.47. The number of anilines is 3. The lowest BCUT2D eigenvalue weighted by atomic mass is 10.1. The van der Waals surface area contributed by atoms with E-state index in [2.05, 4.69) is 10.3 Å². The van der Waals surface area contributed by atoms with E-state index in [0.29, 0.717) is 47.5 Å². The smallest absolute Gasteiger partial charge is 0.322 e. The maximum atomic E-state index is 13.0. The molecule has 170 valence electrons. The molecule has 7 nitrogen and oxygen atoms in total. The first kappa shape index (κ1) is 22.9. The third kappa shape index (κ3) is 5.21. The lowest BCUT2D eigenvalue weighted by Gasteiger charge is -2.35. The number of hydrogen-bond acceptors (Lipinski definition) is 4. The van der Waals surface area contributed by atoms with Crippen molar-refractivity contribution in [1.82, 2.24) is 14.8 Å². The number of nitrogens with one attached hydrogen (secondary N) is 1. The molecule has 4 rings (SSSR count). The van der Waals surface area contributed by atoms with E-state index in [1.807, 2.05) is 48.3 Å². The van der Waals surface area contributed by atoms with Crippen LogP contribution in [0, 0.1) is 0 Å². The van der Waals surface area contributed by atoms with Crippen LogP contribution >= 0.6 is 23.2 Å². The Labute approximate surface area is 202 Å². The van der Waals surface area contributed by atoms with Gasteiger partial charge in [0.25, 0.3) is 5.91 Å². The quantitative estimate of drug-likeness (QED) is 0.557. The molecule has 3 amide bonds. The van der Waals surface area contributed by atoms with Gasteiger partial charge in [-0.1, -0.05) is 29.3 Å². The molecule has 1 saturated heterocycles. The summed E-state index contributed by atoms with van der Waals surface area (Å²) < 4.78 is 0. The van der Waals surface area contributed by atoms with Crippen molar-refractivity contribution in [3.05, 3.63) is 82.6 Å². The van der Waals surface area contributed by atoms with Crippen molar-refractivity contribution in [3.8, 4) is 0 Å². The maximum absolute atomic E-state index is 13.0. The normalized spacial score (nSPS) is 13.5. The molecule has 1 aliphatic rings. The topological polar surface area (TPSA) is 68.8 Å². The highest BCUT2D eigenvalue weighted by Gasteiger charge is 2.25. The molecule has 1 aromatic heterocycles. The summed E-state index contributed by atoms with van der Waals surface area (Å²) in [6, 6.07) is 16.2. The molecule has 0 spiro atoms. The average molecular weight is 484 g/mol. The predicted molar refractivity (Wildman–Crippen MR) is 132 cm³/mol. The molecule has 9 heteroatoms. The number of amides is 3. The van der Waals surface area contributed by atoms with Gasteiger partial charge in [0.1, 0.15) is 0 Å². The number of aromatic nitrogens is 1. The van der Waals surface area contributed by atoms with Gasteiger partial charge in [0.05, 0.1) is 15.7 Å². The second-order valence-corrected chi connectivity index (χ2v) is 8.41. The van der Waals surface area contributed by atoms with E-state index < -0.39 is 0 Å². The molecular formula is C24H23Cl2N5O2. The fourth-order valence-electron chi connectivity index (χ4n) is 3.63. The molecule has 33 heavy (non-hydrogen) atoms. The summed E-state index contributed by atoms with van der Waals surface area (Å²) in [6.07, 6.45) is 3.49. The Morgan fingerprint density at radius 1 is 0.879 bits per heavy atom. The molecule has 2 aromatic carbocycles. The van der Waals surface area contributed by atoms with Gasteiger partial charge in [-0.25, -0.2) is 4.79 Å². The van der Waals surface area contributed by atoms with Crippen molar-refractivity contribution in [3.63, 3.8) is 0 Å². The number of piperazine rings is 1. The molecule has 0 unspecified atom stereocenters. The van der Waals surface area contributed by atoms with E-state index in [0.717, 1.165) is 11.4 Å². The van der Waals surface area contributed by atoms with Crippen molar-refractivity contribution in [2.24, 2.45) is 0 Å². The Morgan fingerprint density at radius 2 is 1.48 bits per heavy atom. The number of benzene rings is 2. The first-order valence-corrected chi connectivity index (χ1v) is 11.2. The van der Waals surface area contributed by atoms with Gasteiger partial charge in [-0.05, 0) is 48.5 Å². The number of nitrogens with zero attached hydrogens (tertiary/aromatic N) is 4. The number of carbonyl (C=O) groups is 2. The van der Waals surface area contributed by atoms with Crippen LogP contribution in [0.4, 0.5) is 21.9 Å². The summed E-state index contributed by atoms with van der Waals surface area (Å²) in [5.41, 5.74) is 3.06. The lowest BCUT2D eigenvalue weighted by Crippen LogP contribution is -2.51. The highest BCUT2D eigenvalue weighted by molar-refractivity contribution is 6.43. The summed E-state index contributed by atoms with van der Waals surface area (Å²) in [5.74, 6) is -0.0499. The van der Waals surface area contributed by atoms with Crippen LogP contribution in [0.5, 0.6) is 0 Å². The Balaban J connectivity index is 1.33. The van der Waals surface area contributed by atoms with Gasteiger partial charge >= 0.3 is 6.03 Å². The van der Waals surface area contributed by atoms with Gasteiger partial charge in [-0.15, -0.1) is 0 Å². The largest absolute Gasteiger partial charge is 0.345 e. The average Bonchev–Trinajstić information content (AvgIpc) is 2.86. The zero-order valence-electron chi connectivity index (χ0n) is 18.0. The van der Waals surface area contributed by atoms with E-state index in [4.69, 9.17) is 23.2 Å². The summed E-state index contributed by atoms with van der Waals surface area (Å²) in [6.45, 7) is 1.76. The van der Waals surface area contributed by atoms with Gasteiger partial charge in [-0.2, -0.15) is 0 Å². The van der Waals surface area contributed by atoms with E-state index in [1.54, 1.807) is 40.4 Å². The van der Waals surface area contributed by atoms with Crippen molar-refractivity contribution < 1.29 is 9.59 Å². The fraction of sp³-hybridized carbons (Fsp3) is 0.208. The molecule has 1 aliphatic heterocycles. The molecule has 0 atom stereocenters. The first-order chi connectivity index (χ1) is 15.9. The van der Waals surface area contributed by atoms with E-state index in [-0.39, 0.29) is 11.9 Å². The second kappa shape index (κ2) is 10.1. The van der Waals surface area contributed by atoms with Crippen molar-refractivity contribution in [1.29, 1.82) is 0 Å². The van der Waals surface area contributed by atoms with Crippen LogP contribution in [0.3, 0.4) is 0 Å². The number of rotatable bonds is 4. The molecule has 2 heterocycles. The minimum atomic E-state index is -0.269. The van der Waals surface area contributed by atoms with Crippen molar-refractivity contribution in [2.45, 2.75) is 0 Å². The maximum Gasteiger partial charge on any atom is 0.322 e. The van der Waals surface area contributed by atoms with E-state index >= 15 is 0 Å². The van der Waals surface area contributed by atoms with Gasteiger partial charge in [-0.3, -0.25) is 9.78 Å². The molecule has 1 fully saturated rings. The van der Waals surface area contributed by atoms with Crippen LogP contribution in [0.25, 0.3) is 0 Å². The van der Waals surface area contributed by atoms with E-state index in [1.165, 1.54) is 0 Å². The lowest BCUT2D eigenvalue weighted by molar-refractivity contribution is 0.0671. The second-order valence-electron chi connectivity index (χ2n) is 7.62. The van der Waals surface area contributed by atoms with Crippen LogP contribution in [0.15, 0.2) is 67.0 Å². The third-order valence-electron chi connectivity index (χ3n) is 5.60. The Bertz CT molecular complexity index is 1130. The minimum absolute atomic E-state index is 0.0499. The summed E-state index contributed by atoms with van der Waals surface area (Å²) in [4.78, 5) is 35.0. The highest BCUT2D eigenvalue weighted by atomic mass is 35.5.